The maximum atomic E-state index is 13.0. The number of aryl methyl sites for hydroxylation is 3. The van der Waals surface area contributed by atoms with Gasteiger partial charge in [-0.1, -0.05) is 127 Å². The highest BCUT2D eigenvalue weighted by molar-refractivity contribution is 6.03. The Morgan fingerprint density at radius 1 is 0.462 bits per heavy atom. The Bertz CT molecular complexity index is 2390. The summed E-state index contributed by atoms with van der Waals surface area (Å²) in [5, 5.41) is 14.3. The predicted molar refractivity (Wildman–Crippen MR) is 206 cm³/mol. The van der Waals surface area contributed by atoms with Crippen molar-refractivity contribution in [3.8, 4) is 23.0 Å². The molecule has 52 heavy (non-hydrogen) atoms. The molecule has 0 aromatic heterocycles. The molecule has 0 amide bonds. The largest absolute Gasteiger partial charge is 0.488 e. The molecule has 0 aliphatic rings. The topological polar surface area (TPSA) is 74.2 Å². The molecule has 0 bridgehead atoms. The molecule has 0 fully saturated rings. The summed E-state index contributed by atoms with van der Waals surface area (Å²) < 4.78 is 26.0. The molecule has 1 N–H and O–H groups in total. The number of aromatic carboxylic acids is 1. The lowest BCUT2D eigenvalue weighted by molar-refractivity contribution is 0.0686. The molecule has 0 heterocycles. The Hall–Kier alpha value is -6.27. The Balaban J connectivity index is 1.24. The van der Waals surface area contributed by atoms with E-state index >= 15 is 0 Å². The number of rotatable bonds is 13. The summed E-state index contributed by atoms with van der Waals surface area (Å²) in [5.41, 5.74) is 6.94. The standard InChI is InChI=1S/C46H40O6/c1-30-13-4-6-17-35(30)26-50-43-32(3)23-24-38(44(43)51-27-36-18-7-5-14-31(36)2)29-49-41-25-34-16-9-11-22-40(34)45(42(41)46(47)48)52-28-37-20-12-19-33-15-8-10-21-39(33)37/h4-25H,26-29H2,1-3H3,(H,47,48). The van der Waals surface area contributed by atoms with Crippen LogP contribution in [0.2, 0.25) is 0 Å². The van der Waals surface area contributed by atoms with Gasteiger partial charge in [0.25, 0.3) is 0 Å². The van der Waals surface area contributed by atoms with Gasteiger partial charge in [-0.3, -0.25) is 0 Å². The van der Waals surface area contributed by atoms with Gasteiger partial charge in [0.1, 0.15) is 43.5 Å². The number of carbonyl (C=O) groups is 1. The van der Waals surface area contributed by atoms with Crippen LogP contribution in [0, 0.1) is 20.8 Å². The Labute approximate surface area is 303 Å². The van der Waals surface area contributed by atoms with E-state index in [2.05, 4.69) is 44.2 Å². The van der Waals surface area contributed by atoms with Gasteiger partial charge in [-0.05, 0) is 76.4 Å². The molecule has 0 spiro atoms. The number of fused-ring (bicyclic) bond motifs is 2. The molecule has 7 aromatic carbocycles. The van der Waals surface area contributed by atoms with Gasteiger partial charge in [-0.2, -0.15) is 0 Å². The highest BCUT2D eigenvalue weighted by Crippen LogP contribution is 2.41. The minimum absolute atomic E-state index is 0.0332. The van der Waals surface area contributed by atoms with Crippen molar-refractivity contribution < 1.29 is 28.8 Å². The smallest absolute Gasteiger partial charge is 0.343 e. The van der Waals surface area contributed by atoms with E-state index in [1.54, 1.807) is 6.07 Å². The lowest BCUT2D eigenvalue weighted by Gasteiger charge is -2.21. The molecule has 7 rings (SSSR count). The van der Waals surface area contributed by atoms with Crippen molar-refractivity contribution in [3.63, 3.8) is 0 Å². The van der Waals surface area contributed by atoms with Crippen molar-refractivity contribution in [1.82, 2.24) is 0 Å². The third-order valence-corrected chi connectivity index (χ3v) is 9.47. The van der Waals surface area contributed by atoms with Gasteiger partial charge in [-0.15, -0.1) is 0 Å². The third kappa shape index (κ3) is 7.28. The fraction of sp³-hybridized carbons (Fsp3) is 0.152. The molecule has 6 nitrogen and oxygen atoms in total. The molecule has 0 atom stereocenters. The zero-order chi connectivity index (χ0) is 36.0. The van der Waals surface area contributed by atoms with Crippen LogP contribution in [0.3, 0.4) is 0 Å². The maximum Gasteiger partial charge on any atom is 0.343 e. The number of benzene rings is 7. The SMILES string of the molecule is Cc1ccccc1COc1c(C)ccc(COc2cc3ccccc3c(OCc3cccc4ccccc34)c2C(=O)O)c1OCc1ccccc1C. The lowest BCUT2D eigenvalue weighted by Crippen LogP contribution is -2.10. The molecule has 6 heteroatoms. The van der Waals surface area contributed by atoms with E-state index in [1.165, 1.54) is 0 Å². The van der Waals surface area contributed by atoms with Crippen LogP contribution in [0.5, 0.6) is 23.0 Å². The first-order chi connectivity index (χ1) is 25.4. The highest BCUT2D eigenvalue weighted by atomic mass is 16.5. The molecular weight excluding hydrogens is 649 g/mol. The first-order valence-corrected chi connectivity index (χ1v) is 17.4. The summed E-state index contributed by atoms with van der Waals surface area (Å²) in [4.78, 5) is 13.0. The third-order valence-electron chi connectivity index (χ3n) is 9.47. The van der Waals surface area contributed by atoms with Crippen molar-refractivity contribution in [2.45, 2.75) is 47.2 Å². The van der Waals surface area contributed by atoms with Crippen LogP contribution >= 0.6 is 0 Å². The van der Waals surface area contributed by atoms with Crippen molar-refractivity contribution in [3.05, 3.63) is 178 Å². The number of carboxylic acid groups (broad SMARTS) is 1. The van der Waals surface area contributed by atoms with Crippen molar-refractivity contribution in [2.24, 2.45) is 0 Å². The lowest BCUT2D eigenvalue weighted by atomic mass is 10.0. The molecular formula is C46H40O6. The number of hydrogen-bond donors (Lipinski definition) is 1. The predicted octanol–water partition coefficient (Wildman–Crippen LogP) is 10.9. The fourth-order valence-electron chi connectivity index (χ4n) is 6.48. The summed E-state index contributed by atoms with van der Waals surface area (Å²) in [6.45, 7) is 7.02. The number of hydrogen-bond acceptors (Lipinski definition) is 5. The van der Waals surface area contributed by atoms with Crippen LogP contribution < -0.4 is 18.9 Å². The summed E-state index contributed by atoms with van der Waals surface area (Å²) >= 11 is 0. The second kappa shape index (κ2) is 15.3. The van der Waals surface area contributed by atoms with Crippen LogP contribution in [0.1, 0.15) is 49.3 Å². The Kier molecular flexibility index (Phi) is 10.1. The summed E-state index contributed by atoms with van der Waals surface area (Å²) in [5.74, 6) is 0.495. The van der Waals surface area contributed by atoms with Crippen molar-refractivity contribution in [2.75, 3.05) is 0 Å². The monoisotopic (exact) mass is 688 g/mol. The van der Waals surface area contributed by atoms with Gasteiger partial charge in [-0.25, -0.2) is 4.79 Å². The van der Waals surface area contributed by atoms with Crippen LogP contribution in [0.25, 0.3) is 21.5 Å². The Morgan fingerprint density at radius 2 is 0.981 bits per heavy atom. The zero-order valence-electron chi connectivity index (χ0n) is 29.5. The van der Waals surface area contributed by atoms with Gasteiger partial charge in [0.2, 0.25) is 0 Å². The average molecular weight is 689 g/mol. The minimum atomic E-state index is -1.14. The van der Waals surface area contributed by atoms with E-state index < -0.39 is 5.97 Å². The summed E-state index contributed by atoms with van der Waals surface area (Å²) in [6, 6.07) is 43.6. The molecule has 0 saturated carbocycles. The quantitative estimate of drug-likeness (QED) is 0.130. The van der Waals surface area contributed by atoms with E-state index in [0.29, 0.717) is 30.1 Å². The fourth-order valence-corrected chi connectivity index (χ4v) is 6.48. The van der Waals surface area contributed by atoms with Gasteiger partial charge in [0.15, 0.2) is 11.5 Å². The molecule has 7 aromatic rings. The molecule has 0 saturated heterocycles. The van der Waals surface area contributed by atoms with E-state index in [9.17, 15) is 9.90 Å². The molecule has 0 unspecified atom stereocenters. The second-order valence-electron chi connectivity index (χ2n) is 13.0. The van der Waals surface area contributed by atoms with Crippen molar-refractivity contribution in [1.29, 1.82) is 0 Å². The normalized spacial score (nSPS) is 11.1. The van der Waals surface area contributed by atoms with Crippen LogP contribution in [-0.2, 0) is 26.4 Å². The van der Waals surface area contributed by atoms with Crippen LogP contribution in [0.15, 0.2) is 133 Å². The van der Waals surface area contributed by atoms with Gasteiger partial charge >= 0.3 is 5.97 Å². The number of carboxylic acids is 1. The first kappa shape index (κ1) is 34.2. The van der Waals surface area contributed by atoms with Gasteiger partial charge in [0, 0.05) is 10.9 Å². The molecule has 0 radical (unpaired) electrons. The highest BCUT2D eigenvalue weighted by Gasteiger charge is 2.24. The molecule has 0 aliphatic heterocycles. The zero-order valence-corrected chi connectivity index (χ0v) is 29.5. The van der Waals surface area contributed by atoms with E-state index in [1.807, 2.05) is 104 Å². The van der Waals surface area contributed by atoms with Crippen LogP contribution in [0.4, 0.5) is 0 Å². The average Bonchev–Trinajstić information content (AvgIpc) is 3.16. The summed E-state index contributed by atoms with van der Waals surface area (Å²) in [7, 11) is 0. The van der Waals surface area contributed by atoms with E-state index in [0.717, 1.165) is 55.1 Å². The number of ether oxygens (including phenoxy) is 4. The summed E-state index contributed by atoms with van der Waals surface area (Å²) in [6.07, 6.45) is 0. The van der Waals surface area contributed by atoms with Crippen LogP contribution in [-0.4, -0.2) is 11.1 Å². The van der Waals surface area contributed by atoms with Gasteiger partial charge < -0.3 is 24.1 Å². The van der Waals surface area contributed by atoms with Crippen molar-refractivity contribution >= 4 is 27.5 Å². The second-order valence-corrected chi connectivity index (χ2v) is 13.0. The van der Waals surface area contributed by atoms with E-state index in [-0.39, 0.29) is 30.3 Å². The molecule has 260 valence electrons. The molecule has 0 aliphatic carbocycles. The van der Waals surface area contributed by atoms with Gasteiger partial charge in [0.05, 0.1) is 0 Å². The first-order valence-electron chi connectivity index (χ1n) is 17.4. The van der Waals surface area contributed by atoms with E-state index in [4.69, 9.17) is 18.9 Å². The minimum Gasteiger partial charge on any atom is -0.488 e. The maximum absolute atomic E-state index is 13.0. The Morgan fingerprint density at radius 3 is 1.67 bits per heavy atom.